The predicted molar refractivity (Wildman–Crippen MR) is 83.2 cm³/mol. The van der Waals surface area contributed by atoms with Crippen LogP contribution in [0.3, 0.4) is 0 Å². The summed E-state index contributed by atoms with van der Waals surface area (Å²) in [6.45, 7) is 3.63. The fourth-order valence-electron chi connectivity index (χ4n) is 2.84. The number of carbonyl (C=O) groups is 3. The molecular formula is C16H28N2O4. The van der Waals surface area contributed by atoms with Crippen LogP contribution >= 0.6 is 0 Å². The number of rotatable bonds is 9. The highest BCUT2D eigenvalue weighted by Gasteiger charge is 2.21. The highest BCUT2D eigenvalue weighted by molar-refractivity contribution is 5.87. The van der Waals surface area contributed by atoms with Crippen molar-refractivity contribution >= 4 is 17.8 Å². The normalized spacial score (nSPS) is 16.5. The van der Waals surface area contributed by atoms with Crippen molar-refractivity contribution in [1.82, 2.24) is 10.6 Å². The number of carboxylic acids is 1. The van der Waals surface area contributed by atoms with Crippen LogP contribution in [0.15, 0.2) is 0 Å². The Morgan fingerprint density at radius 3 is 2.32 bits per heavy atom. The van der Waals surface area contributed by atoms with Crippen molar-refractivity contribution in [1.29, 1.82) is 0 Å². The van der Waals surface area contributed by atoms with Crippen LogP contribution in [0.1, 0.15) is 58.8 Å². The molecule has 1 atom stereocenters. The molecule has 0 aromatic carbocycles. The first kappa shape index (κ1) is 18.5. The minimum absolute atomic E-state index is 0.141. The second kappa shape index (κ2) is 9.43. The Kier molecular flexibility index (Phi) is 7.91. The van der Waals surface area contributed by atoms with Gasteiger partial charge >= 0.3 is 5.97 Å². The van der Waals surface area contributed by atoms with Crippen molar-refractivity contribution in [2.24, 2.45) is 11.8 Å². The van der Waals surface area contributed by atoms with E-state index in [4.69, 9.17) is 5.11 Å². The zero-order valence-electron chi connectivity index (χ0n) is 13.6. The van der Waals surface area contributed by atoms with Gasteiger partial charge in [-0.3, -0.25) is 9.59 Å². The van der Waals surface area contributed by atoms with Crippen LogP contribution in [0.25, 0.3) is 0 Å². The molecule has 0 heterocycles. The van der Waals surface area contributed by atoms with Crippen LogP contribution in [0, 0.1) is 11.8 Å². The Balaban J connectivity index is 2.22. The molecule has 0 unspecified atom stereocenters. The summed E-state index contributed by atoms with van der Waals surface area (Å²) >= 11 is 0. The summed E-state index contributed by atoms with van der Waals surface area (Å²) in [6, 6.07) is -0.900. The van der Waals surface area contributed by atoms with Crippen LogP contribution in [-0.2, 0) is 14.4 Å². The first-order valence-electron chi connectivity index (χ1n) is 8.17. The summed E-state index contributed by atoms with van der Waals surface area (Å²) in [5.41, 5.74) is 0. The Bertz CT molecular complexity index is 390. The lowest BCUT2D eigenvalue weighted by molar-refractivity contribution is -0.142. The first-order valence-corrected chi connectivity index (χ1v) is 8.17. The van der Waals surface area contributed by atoms with E-state index in [0.717, 1.165) is 6.42 Å². The minimum atomic E-state index is -1.05. The summed E-state index contributed by atoms with van der Waals surface area (Å²) in [5.74, 6) is -0.834. The second-order valence-corrected chi connectivity index (χ2v) is 6.55. The molecule has 0 aliphatic heterocycles. The molecule has 6 heteroatoms. The van der Waals surface area contributed by atoms with E-state index in [1.807, 2.05) is 13.8 Å². The number of carboxylic acid groups (broad SMARTS) is 1. The van der Waals surface area contributed by atoms with E-state index in [0.29, 0.717) is 18.8 Å². The van der Waals surface area contributed by atoms with E-state index in [9.17, 15) is 14.4 Å². The number of aliphatic carboxylic acids is 1. The van der Waals surface area contributed by atoms with Crippen LogP contribution in [0.2, 0.25) is 0 Å². The summed E-state index contributed by atoms with van der Waals surface area (Å²) in [4.78, 5) is 34.5. The van der Waals surface area contributed by atoms with Crippen molar-refractivity contribution in [2.75, 3.05) is 6.54 Å². The Labute approximate surface area is 132 Å². The Hall–Kier alpha value is -1.59. The quantitative estimate of drug-likeness (QED) is 0.603. The molecule has 6 nitrogen and oxygen atoms in total. The van der Waals surface area contributed by atoms with Gasteiger partial charge in [-0.2, -0.15) is 0 Å². The van der Waals surface area contributed by atoms with E-state index >= 15 is 0 Å². The van der Waals surface area contributed by atoms with E-state index in [1.165, 1.54) is 25.7 Å². The summed E-state index contributed by atoms with van der Waals surface area (Å²) in [7, 11) is 0. The lowest BCUT2D eigenvalue weighted by Gasteiger charge is -2.16. The fourth-order valence-corrected chi connectivity index (χ4v) is 2.84. The topological polar surface area (TPSA) is 95.5 Å². The maximum absolute atomic E-state index is 11.7. The van der Waals surface area contributed by atoms with E-state index in [-0.39, 0.29) is 18.4 Å². The molecule has 0 radical (unpaired) electrons. The number of nitrogens with one attached hydrogen (secondary N) is 2. The largest absolute Gasteiger partial charge is 0.480 e. The third kappa shape index (κ3) is 7.43. The van der Waals surface area contributed by atoms with E-state index in [2.05, 4.69) is 10.6 Å². The van der Waals surface area contributed by atoms with Gasteiger partial charge in [0.05, 0.1) is 6.54 Å². The van der Waals surface area contributed by atoms with Gasteiger partial charge in [-0.1, -0.05) is 39.5 Å². The van der Waals surface area contributed by atoms with Gasteiger partial charge in [0.15, 0.2) is 0 Å². The number of carbonyl (C=O) groups excluding carboxylic acids is 2. The van der Waals surface area contributed by atoms with Gasteiger partial charge in [0.1, 0.15) is 6.04 Å². The zero-order valence-corrected chi connectivity index (χ0v) is 13.6. The molecule has 0 spiro atoms. The lowest BCUT2D eigenvalue weighted by atomic mass is 10.0. The average Bonchev–Trinajstić information content (AvgIpc) is 2.94. The number of amides is 2. The van der Waals surface area contributed by atoms with Crippen molar-refractivity contribution in [3.63, 3.8) is 0 Å². The van der Waals surface area contributed by atoms with E-state index < -0.39 is 17.9 Å². The van der Waals surface area contributed by atoms with Gasteiger partial charge < -0.3 is 15.7 Å². The van der Waals surface area contributed by atoms with Gasteiger partial charge in [-0.15, -0.1) is 0 Å². The molecule has 1 fully saturated rings. The number of hydrogen-bond acceptors (Lipinski definition) is 3. The van der Waals surface area contributed by atoms with Crippen molar-refractivity contribution in [2.45, 2.75) is 64.8 Å². The third-order valence-corrected chi connectivity index (χ3v) is 4.04. The highest BCUT2D eigenvalue weighted by Crippen LogP contribution is 2.28. The molecule has 22 heavy (non-hydrogen) atoms. The molecule has 0 saturated heterocycles. The van der Waals surface area contributed by atoms with Crippen LogP contribution in [0.4, 0.5) is 0 Å². The fraction of sp³-hybridized carbons (Fsp3) is 0.812. The maximum Gasteiger partial charge on any atom is 0.326 e. The summed E-state index contributed by atoms with van der Waals surface area (Å²) < 4.78 is 0. The summed E-state index contributed by atoms with van der Waals surface area (Å²) in [6.07, 6.45) is 6.58. The SMILES string of the molecule is CC(C)C[C@H](NC(=O)CNC(=O)CCC1CCCC1)C(=O)O. The summed E-state index contributed by atoms with van der Waals surface area (Å²) in [5, 5.41) is 14.1. The molecule has 0 bridgehead atoms. The second-order valence-electron chi connectivity index (χ2n) is 6.55. The molecule has 1 rings (SSSR count). The van der Waals surface area contributed by atoms with Gasteiger partial charge in [0, 0.05) is 6.42 Å². The van der Waals surface area contributed by atoms with Crippen molar-refractivity contribution in [3.8, 4) is 0 Å². The third-order valence-electron chi connectivity index (χ3n) is 4.04. The van der Waals surface area contributed by atoms with Crippen molar-refractivity contribution in [3.05, 3.63) is 0 Å². The van der Waals surface area contributed by atoms with Gasteiger partial charge in [-0.25, -0.2) is 4.79 Å². The average molecular weight is 312 g/mol. The lowest BCUT2D eigenvalue weighted by Crippen LogP contribution is -2.46. The molecule has 126 valence electrons. The minimum Gasteiger partial charge on any atom is -0.480 e. The Morgan fingerprint density at radius 1 is 1.14 bits per heavy atom. The molecule has 1 saturated carbocycles. The first-order chi connectivity index (χ1) is 10.4. The molecule has 1 aliphatic rings. The zero-order chi connectivity index (χ0) is 16.5. The van der Waals surface area contributed by atoms with Crippen LogP contribution < -0.4 is 10.6 Å². The van der Waals surface area contributed by atoms with Crippen LogP contribution in [0.5, 0.6) is 0 Å². The Morgan fingerprint density at radius 2 is 1.77 bits per heavy atom. The predicted octanol–water partition coefficient (Wildman–Crippen LogP) is 1.69. The number of hydrogen-bond donors (Lipinski definition) is 3. The molecule has 2 amide bonds. The smallest absolute Gasteiger partial charge is 0.326 e. The molecule has 1 aliphatic carbocycles. The molecular weight excluding hydrogens is 284 g/mol. The van der Waals surface area contributed by atoms with Crippen molar-refractivity contribution < 1.29 is 19.5 Å². The monoisotopic (exact) mass is 312 g/mol. The maximum atomic E-state index is 11.7. The van der Waals surface area contributed by atoms with Gasteiger partial charge in [0.2, 0.25) is 11.8 Å². The van der Waals surface area contributed by atoms with E-state index in [1.54, 1.807) is 0 Å². The molecule has 0 aromatic heterocycles. The molecule has 3 N–H and O–H groups in total. The standard InChI is InChI=1S/C16H28N2O4/c1-11(2)9-13(16(21)22)18-15(20)10-17-14(19)8-7-12-5-3-4-6-12/h11-13H,3-10H2,1-2H3,(H,17,19)(H,18,20)(H,21,22)/t13-/m0/s1. The van der Waals surface area contributed by atoms with Gasteiger partial charge in [0.25, 0.3) is 0 Å². The van der Waals surface area contributed by atoms with Crippen LogP contribution in [-0.4, -0.2) is 35.5 Å². The molecule has 0 aromatic rings. The van der Waals surface area contributed by atoms with Gasteiger partial charge in [-0.05, 0) is 24.7 Å². The highest BCUT2D eigenvalue weighted by atomic mass is 16.4.